The molecule has 0 bridgehead atoms. The maximum Gasteiger partial charge on any atom is 0.293 e. The van der Waals surface area contributed by atoms with Crippen LogP contribution in [0.15, 0.2) is 18.2 Å². The number of methoxy groups -OCH3 is 1. The maximum absolute atomic E-state index is 11.5. The standard InChI is InChI=1S/C11H14N2O4/c1-7-4-5-9(10(6-7)13(15)16)12-11(14)8(2)17-3/h4-6,8H,1-3H3,(H,12,14). The van der Waals surface area contributed by atoms with E-state index in [1.807, 2.05) is 0 Å². The largest absolute Gasteiger partial charge is 0.372 e. The van der Waals surface area contributed by atoms with E-state index in [1.165, 1.54) is 19.2 Å². The summed E-state index contributed by atoms with van der Waals surface area (Å²) in [5, 5.41) is 13.3. The van der Waals surface area contributed by atoms with E-state index >= 15 is 0 Å². The van der Waals surface area contributed by atoms with Crippen molar-refractivity contribution in [2.24, 2.45) is 0 Å². The Kier molecular flexibility index (Phi) is 4.17. The number of nitrogens with zero attached hydrogens (tertiary/aromatic N) is 1. The Balaban J connectivity index is 2.98. The number of carbonyl (C=O) groups is 1. The molecule has 1 unspecified atom stereocenters. The van der Waals surface area contributed by atoms with Gasteiger partial charge < -0.3 is 10.1 Å². The van der Waals surface area contributed by atoms with Crippen molar-refractivity contribution in [2.75, 3.05) is 12.4 Å². The number of anilines is 1. The van der Waals surface area contributed by atoms with E-state index in [0.717, 1.165) is 5.56 Å². The molecule has 0 aliphatic heterocycles. The number of ether oxygens (including phenoxy) is 1. The number of carbonyl (C=O) groups excluding carboxylic acids is 1. The number of amides is 1. The molecule has 0 saturated carbocycles. The van der Waals surface area contributed by atoms with E-state index < -0.39 is 16.9 Å². The SMILES string of the molecule is COC(C)C(=O)Nc1ccc(C)cc1[N+](=O)[O-]. The molecule has 0 aliphatic carbocycles. The van der Waals surface area contributed by atoms with E-state index in [-0.39, 0.29) is 11.4 Å². The van der Waals surface area contributed by atoms with Crippen LogP contribution < -0.4 is 5.32 Å². The van der Waals surface area contributed by atoms with E-state index in [0.29, 0.717) is 0 Å². The number of rotatable bonds is 4. The minimum atomic E-state index is -0.657. The second kappa shape index (κ2) is 5.40. The van der Waals surface area contributed by atoms with Crippen molar-refractivity contribution in [1.82, 2.24) is 0 Å². The first kappa shape index (κ1) is 13.1. The van der Waals surface area contributed by atoms with E-state index in [9.17, 15) is 14.9 Å². The summed E-state index contributed by atoms with van der Waals surface area (Å²) in [7, 11) is 1.40. The van der Waals surface area contributed by atoms with Gasteiger partial charge in [0.1, 0.15) is 11.8 Å². The first-order valence-corrected chi connectivity index (χ1v) is 5.04. The Morgan fingerprint density at radius 2 is 2.18 bits per heavy atom. The van der Waals surface area contributed by atoms with Crippen molar-refractivity contribution in [1.29, 1.82) is 0 Å². The Bertz CT molecular complexity index is 445. The van der Waals surface area contributed by atoms with Crippen molar-refractivity contribution in [3.05, 3.63) is 33.9 Å². The molecule has 1 amide bonds. The van der Waals surface area contributed by atoms with Gasteiger partial charge in [-0.15, -0.1) is 0 Å². The van der Waals surface area contributed by atoms with Crippen LogP contribution in [-0.4, -0.2) is 24.0 Å². The summed E-state index contributed by atoms with van der Waals surface area (Å²) in [6, 6.07) is 4.61. The lowest BCUT2D eigenvalue weighted by Gasteiger charge is -2.10. The summed E-state index contributed by atoms with van der Waals surface area (Å²) >= 11 is 0. The van der Waals surface area contributed by atoms with Crippen molar-refractivity contribution >= 4 is 17.3 Å². The number of benzene rings is 1. The molecule has 1 atom stereocenters. The molecule has 0 spiro atoms. The second-order valence-corrected chi connectivity index (χ2v) is 3.64. The zero-order chi connectivity index (χ0) is 13.0. The molecule has 0 fully saturated rings. The number of hydrogen-bond acceptors (Lipinski definition) is 4. The highest BCUT2D eigenvalue weighted by Crippen LogP contribution is 2.25. The van der Waals surface area contributed by atoms with Crippen LogP contribution in [0.3, 0.4) is 0 Å². The molecule has 0 radical (unpaired) electrons. The van der Waals surface area contributed by atoms with Crippen molar-refractivity contribution in [2.45, 2.75) is 20.0 Å². The summed E-state index contributed by atoms with van der Waals surface area (Å²) in [6.45, 7) is 3.31. The van der Waals surface area contributed by atoms with Crippen LogP contribution in [0.4, 0.5) is 11.4 Å². The molecule has 6 nitrogen and oxygen atoms in total. The van der Waals surface area contributed by atoms with Crippen molar-refractivity contribution < 1.29 is 14.5 Å². The Morgan fingerprint density at radius 3 is 2.71 bits per heavy atom. The lowest BCUT2D eigenvalue weighted by molar-refractivity contribution is -0.384. The van der Waals surface area contributed by atoms with Gasteiger partial charge in [0.15, 0.2) is 0 Å². The van der Waals surface area contributed by atoms with Gasteiger partial charge in [0.25, 0.3) is 11.6 Å². The highest BCUT2D eigenvalue weighted by molar-refractivity contribution is 5.95. The molecule has 1 N–H and O–H groups in total. The van der Waals surface area contributed by atoms with E-state index in [2.05, 4.69) is 5.32 Å². The van der Waals surface area contributed by atoms with Gasteiger partial charge in [-0.2, -0.15) is 0 Å². The van der Waals surface area contributed by atoms with Crippen molar-refractivity contribution in [3.63, 3.8) is 0 Å². The van der Waals surface area contributed by atoms with Crippen LogP contribution in [0.2, 0.25) is 0 Å². The minimum Gasteiger partial charge on any atom is -0.372 e. The first-order valence-electron chi connectivity index (χ1n) is 5.04. The summed E-state index contributed by atoms with van der Waals surface area (Å²) in [6.07, 6.45) is -0.657. The molecular formula is C11H14N2O4. The quantitative estimate of drug-likeness (QED) is 0.641. The molecular weight excluding hydrogens is 224 g/mol. The smallest absolute Gasteiger partial charge is 0.293 e. The summed E-state index contributed by atoms with van der Waals surface area (Å²) in [4.78, 5) is 21.8. The average Bonchev–Trinajstić information content (AvgIpc) is 2.29. The van der Waals surface area contributed by atoms with Gasteiger partial charge in [-0.25, -0.2) is 0 Å². The van der Waals surface area contributed by atoms with Gasteiger partial charge >= 0.3 is 0 Å². The maximum atomic E-state index is 11.5. The Morgan fingerprint density at radius 1 is 1.53 bits per heavy atom. The minimum absolute atomic E-state index is 0.123. The summed E-state index contributed by atoms with van der Waals surface area (Å²) in [5.41, 5.74) is 0.811. The zero-order valence-electron chi connectivity index (χ0n) is 9.89. The molecule has 17 heavy (non-hydrogen) atoms. The van der Waals surface area contributed by atoms with Gasteiger partial charge in [0.2, 0.25) is 0 Å². The van der Waals surface area contributed by atoms with Crippen LogP contribution in [0.25, 0.3) is 0 Å². The number of hydrogen-bond donors (Lipinski definition) is 1. The van der Waals surface area contributed by atoms with Crippen molar-refractivity contribution in [3.8, 4) is 0 Å². The normalized spacial score (nSPS) is 11.9. The number of nitro benzene ring substituents is 1. The Labute approximate surface area is 98.7 Å². The van der Waals surface area contributed by atoms with Crippen LogP contribution in [0.5, 0.6) is 0 Å². The average molecular weight is 238 g/mol. The second-order valence-electron chi connectivity index (χ2n) is 3.64. The molecule has 1 aromatic rings. The molecule has 0 aliphatic rings. The van der Waals surface area contributed by atoms with E-state index in [4.69, 9.17) is 4.74 Å². The molecule has 0 saturated heterocycles. The fraction of sp³-hybridized carbons (Fsp3) is 0.364. The predicted molar refractivity (Wildman–Crippen MR) is 62.9 cm³/mol. The summed E-state index contributed by atoms with van der Waals surface area (Å²) in [5.74, 6) is -0.417. The zero-order valence-corrected chi connectivity index (χ0v) is 9.89. The van der Waals surface area contributed by atoms with Crippen LogP contribution in [0.1, 0.15) is 12.5 Å². The molecule has 92 valence electrons. The van der Waals surface area contributed by atoms with Crippen LogP contribution in [-0.2, 0) is 9.53 Å². The summed E-state index contributed by atoms with van der Waals surface area (Å²) < 4.78 is 4.83. The topological polar surface area (TPSA) is 81.5 Å². The fourth-order valence-corrected chi connectivity index (χ4v) is 1.24. The third kappa shape index (κ3) is 3.25. The molecule has 1 rings (SSSR count). The Hall–Kier alpha value is -1.95. The molecule has 6 heteroatoms. The van der Waals surface area contributed by atoms with Gasteiger partial charge in [-0.1, -0.05) is 6.07 Å². The molecule has 1 aromatic carbocycles. The van der Waals surface area contributed by atoms with Gasteiger partial charge in [-0.3, -0.25) is 14.9 Å². The van der Waals surface area contributed by atoms with E-state index in [1.54, 1.807) is 19.9 Å². The van der Waals surface area contributed by atoms with Gasteiger partial charge in [0.05, 0.1) is 4.92 Å². The molecule has 0 aromatic heterocycles. The van der Waals surface area contributed by atoms with Crippen LogP contribution >= 0.6 is 0 Å². The monoisotopic (exact) mass is 238 g/mol. The number of nitro groups is 1. The first-order chi connectivity index (χ1) is 7.95. The van der Waals surface area contributed by atoms with Crippen LogP contribution in [0, 0.1) is 17.0 Å². The van der Waals surface area contributed by atoms with Gasteiger partial charge in [-0.05, 0) is 25.5 Å². The number of aryl methyl sites for hydroxylation is 1. The lowest BCUT2D eigenvalue weighted by atomic mass is 10.2. The van der Waals surface area contributed by atoms with Gasteiger partial charge in [0, 0.05) is 13.2 Å². The lowest BCUT2D eigenvalue weighted by Crippen LogP contribution is -2.26. The third-order valence-electron chi connectivity index (χ3n) is 2.33. The fourth-order valence-electron chi connectivity index (χ4n) is 1.24. The highest BCUT2D eigenvalue weighted by atomic mass is 16.6. The number of nitrogens with one attached hydrogen (secondary N) is 1. The predicted octanol–water partition coefficient (Wildman–Crippen LogP) is 1.88. The highest BCUT2D eigenvalue weighted by Gasteiger charge is 2.18. The molecule has 0 heterocycles. The third-order valence-corrected chi connectivity index (χ3v) is 2.33.